The van der Waals surface area contributed by atoms with E-state index in [1.54, 1.807) is 0 Å². The topological polar surface area (TPSA) is 20.2 Å². The lowest BCUT2D eigenvalue weighted by Crippen LogP contribution is -2.37. The van der Waals surface area contributed by atoms with Gasteiger partial charge in [0.05, 0.1) is 4.58 Å². The fourth-order valence-electron chi connectivity index (χ4n) is 2.58. The van der Waals surface area contributed by atoms with Crippen molar-refractivity contribution in [2.45, 2.75) is 41.0 Å². The van der Waals surface area contributed by atoms with Crippen LogP contribution in [0.3, 0.4) is 0 Å². The molecule has 1 aromatic rings. The van der Waals surface area contributed by atoms with E-state index in [9.17, 15) is 5.11 Å². The standard InChI is InChI=1S/C15H18OS2/c16-15(8-4-1-5-9-15)14-17-10-12-6-2-3-7-13(12)11-18-14/h2-4,6-8,14,16H,1,5,9-11H2. The molecule has 0 saturated heterocycles. The van der Waals surface area contributed by atoms with Gasteiger partial charge in [-0.2, -0.15) is 0 Å². The molecule has 0 spiro atoms. The van der Waals surface area contributed by atoms with Crippen molar-refractivity contribution in [2.75, 3.05) is 0 Å². The Kier molecular flexibility index (Phi) is 3.73. The Morgan fingerprint density at radius 3 is 2.33 bits per heavy atom. The molecule has 1 unspecified atom stereocenters. The van der Waals surface area contributed by atoms with Crippen molar-refractivity contribution in [1.29, 1.82) is 0 Å². The minimum Gasteiger partial charge on any atom is -0.384 e. The molecule has 1 atom stereocenters. The number of rotatable bonds is 1. The quantitative estimate of drug-likeness (QED) is 0.785. The van der Waals surface area contributed by atoms with E-state index in [0.717, 1.165) is 30.8 Å². The second kappa shape index (κ2) is 5.32. The zero-order chi connectivity index (χ0) is 12.4. The van der Waals surface area contributed by atoms with Gasteiger partial charge in [-0.3, -0.25) is 0 Å². The van der Waals surface area contributed by atoms with Gasteiger partial charge in [0.1, 0.15) is 5.60 Å². The molecule has 96 valence electrons. The van der Waals surface area contributed by atoms with Crippen LogP contribution in [0.1, 0.15) is 30.4 Å². The van der Waals surface area contributed by atoms with Gasteiger partial charge in [-0.05, 0) is 30.4 Å². The van der Waals surface area contributed by atoms with Gasteiger partial charge in [-0.25, -0.2) is 0 Å². The second-order valence-corrected chi connectivity index (χ2v) is 7.49. The van der Waals surface area contributed by atoms with Crippen LogP contribution < -0.4 is 0 Å². The molecule has 0 bridgehead atoms. The van der Waals surface area contributed by atoms with E-state index in [-0.39, 0.29) is 4.58 Å². The number of allylic oxidation sites excluding steroid dienone is 1. The third-order valence-corrected chi connectivity index (χ3v) is 6.86. The van der Waals surface area contributed by atoms with Crippen molar-refractivity contribution in [3.8, 4) is 0 Å². The van der Waals surface area contributed by atoms with Crippen molar-refractivity contribution >= 4 is 23.5 Å². The Balaban J connectivity index is 1.78. The van der Waals surface area contributed by atoms with E-state index >= 15 is 0 Å². The van der Waals surface area contributed by atoms with Crippen LogP contribution in [-0.2, 0) is 11.5 Å². The van der Waals surface area contributed by atoms with E-state index in [1.165, 1.54) is 11.1 Å². The minimum absolute atomic E-state index is 0.265. The predicted molar refractivity (Wildman–Crippen MR) is 80.8 cm³/mol. The second-order valence-electron chi connectivity index (χ2n) is 5.01. The number of benzene rings is 1. The zero-order valence-corrected chi connectivity index (χ0v) is 12.0. The van der Waals surface area contributed by atoms with Crippen molar-refractivity contribution in [3.63, 3.8) is 0 Å². The first-order valence-electron chi connectivity index (χ1n) is 6.48. The monoisotopic (exact) mass is 278 g/mol. The smallest absolute Gasteiger partial charge is 0.104 e. The van der Waals surface area contributed by atoms with Crippen LogP contribution >= 0.6 is 23.5 Å². The highest BCUT2D eigenvalue weighted by Gasteiger charge is 2.37. The van der Waals surface area contributed by atoms with Gasteiger partial charge in [-0.15, -0.1) is 23.5 Å². The van der Waals surface area contributed by atoms with Crippen LogP contribution in [0.15, 0.2) is 36.4 Å². The molecule has 3 heteroatoms. The molecule has 18 heavy (non-hydrogen) atoms. The predicted octanol–water partition coefficient (Wildman–Crippen LogP) is 3.96. The third kappa shape index (κ3) is 2.49. The summed E-state index contributed by atoms with van der Waals surface area (Å²) in [4.78, 5) is 0. The SMILES string of the molecule is OC1(C2SCc3ccccc3CS2)C=CCCC1. The number of thioether (sulfide) groups is 2. The van der Waals surface area contributed by atoms with Crippen molar-refractivity contribution in [3.05, 3.63) is 47.5 Å². The molecule has 1 heterocycles. The van der Waals surface area contributed by atoms with E-state index in [4.69, 9.17) is 0 Å². The highest BCUT2D eigenvalue weighted by Crippen LogP contribution is 2.44. The summed E-state index contributed by atoms with van der Waals surface area (Å²) < 4.78 is 0.265. The van der Waals surface area contributed by atoms with E-state index in [1.807, 2.05) is 29.6 Å². The summed E-state index contributed by atoms with van der Waals surface area (Å²) in [5.41, 5.74) is 2.26. The van der Waals surface area contributed by atoms with Gasteiger partial charge >= 0.3 is 0 Å². The van der Waals surface area contributed by atoms with Gasteiger partial charge in [-0.1, -0.05) is 36.4 Å². The molecular weight excluding hydrogens is 260 g/mol. The Morgan fingerprint density at radius 1 is 1.11 bits per heavy atom. The number of hydrogen-bond acceptors (Lipinski definition) is 3. The summed E-state index contributed by atoms with van der Waals surface area (Å²) in [6.07, 6.45) is 7.31. The molecule has 0 amide bonds. The number of hydrogen-bond donors (Lipinski definition) is 1. The molecular formula is C15H18OS2. The lowest BCUT2D eigenvalue weighted by Gasteiger charge is -2.34. The highest BCUT2D eigenvalue weighted by molar-refractivity contribution is 8.16. The average molecular weight is 278 g/mol. The Labute approximate surface area is 117 Å². The Morgan fingerprint density at radius 2 is 1.78 bits per heavy atom. The van der Waals surface area contributed by atoms with E-state index < -0.39 is 5.60 Å². The molecule has 0 radical (unpaired) electrons. The summed E-state index contributed by atoms with van der Waals surface area (Å²) in [7, 11) is 0. The first kappa shape index (κ1) is 12.6. The summed E-state index contributed by atoms with van der Waals surface area (Å²) in [6, 6.07) is 8.65. The highest BCUT2D eigenvalue weighted by atomic mass is 32.2. The average Bonchev–Trinajstić information content (AvgIpc) is 2.62. The first-order valence-corrected chi connectivity index (χ1v) is 8.58. The minimum atomic E-state index is -0.602. The molecule has 3 rings (SSSR count). The molecule has 0 fully saturated rings. The summed E-state index contributed by atoms with van der Waals surface area (Å²) in [5.74, 6) is 2.04. The maximum atomic E-state index is 10.8. The van der Waals surface area contributed by atoms with Gasteiger partial charge in [0, 0.05) is 11.5 Å². The lowest BCUT2D eigenvalue weighted by atomic mass is 9.93. The molecule has 1 aliphatic heterocycles. The van der Waals surface area contributed by atoms with Crippen molar-refractivity contribution in [1.82, 2.24) is 0 Å². The fraction of sp³-hybridized carbons (Fsp3) is 0.467. The largest absolute Gasteiger partial charge is 0.384 e. The first-order chi connectivity index (χ1) is 8.78. The normalized spacial score (nSPS) is 28.7. The third-order valence-electron chi connectivity index (χ3n) is 3.66. The number of aliphatic hydroxyl groups is 1. The van der Waals surface area contributed by atoms with Gasteiger partial charge in [0.2, 0.25) is 0 Å². The zero-order valence-electron chi connectivity index (χ0n) is 10.3. The van der Waals surface area contributed by atoms with Crippen LogP contribution in [0.5, 0.6) is 0 Å². The van der Waals surface area contributed by atoms with Crippen molar-refractivity contribution < 1.29 is 5.11 Å². The molecule has 1 nitrogen and oxygen atoms in total. The maximum Gasteiger partial charge on any atom is 0.104 e. The molecule has 0 aromatic heterocycles. The van der Waals surface area contributed by atoms with Crippen LogP contribution in [0.25, 0.3) is 0 Å². The van der Waals surface area contributed by atoms with E-state index in [0.29, 0.717) is 0 Å². The fourth-order valence-corrected chi connectivity index (χ4v) is 5.57. The molecule has 1 aromatic carbocycles. The van der Waals surface area contributed by atoms with Gasteiger partial charge < -0.3 is 5.11 Å². The number of fused-ring (bicyclic) bond motifs is 1. The summed E-state index contributed by atoms with van der Waals surface area (Å²) >= 11 is 3.79. The Hall–Kier alpha value is -0.380. The summed E-state index contributed by atoms with van der Waals surface area (Å²) in [6.45, 7) is 0. The van der Waals surface area contributed by atoms with Gasteiger partial charge in [0.15, 0.2) is 0 Å². The molecule has 1 aliphatic carbocycles. The Bertz CT molecular complexity index is 431. The van der Waals surface area contributed by atoms with Gasteiger partial charge in [0.25, 0.3) is 0 Å². The molecule has 2 aliphatic rings. The van der Waals surface area contributed by atoms with E-state index in [2.05, 4.69) is 30.3 Å². The molecule has 0 saturated carbocycles. The van der Waals surface area contributed by atoms with Crippen LogP contribution in [-0.4, -0.2) is 15.3 Å². The van der Waals surface area contributed by atoms with Crippen molar-refractivity contribution in [2.24, 2.45) is 0 Å². The molecule has 1 N–H and O–H groups in total. The van der Waals surface area contributed by atoms with Crippen LogP contribution in [0.4, 0.5) is 0 Å². The lowest BCUT2D eigenvalue weighted by molar-refractivity contribution is 0.0920. The van der Waals surface area contributed by atoms with Crippen LogP contribution in [0, 0.1) is 0 Å². The van der Waals surface area contributed by atoms with Crippen LogP contribution in [0.2, 0.25) is 0 Å². The maximum absolute atomic E-state index is 10.8. The summed E-state index contributed by atoms with van der Waals surface area (Å²) in [5, 5.41) is 10.8.